The Balaban J connectivity index is 1.81. The fourth-order valence-corrected chi connectivity index (χ4v) is 2.46. The third-order valence-electron chi connectivity index (χ3n) is 3.57. The van der Waals surface area contributed by atoms with Crippen LogP contribution in [-0.4, -0.2) is 23.3 Å². The molecule has 1 aliphatic carbocycles. The van der Waals surface area contributed by atoms with E-state index in [9.17, 15) is 4.79 Å². The van der Waals surface area contributed by atoms with E-state index in [0.29, 0.717) is 13.2 Å². The molecule has 4 heteroatoms. The molecule has 18 heavy (non-hydrogen) atoms. The van der Waals surface area contributed by atoms with Gasteiger partial charge < -0.3 is 15.0 Å². The van der Waals surface area contributed by atoms with Crippen LogP contribution in [0.3, 0.4) is 0 Å². The molecule has 2 unspecified atom stereocenters. The van der Waals surface area contributed by atoms with E-state index in [0.717, 1.165) is 12.8 Å². The van der Waals surface area contributed by atoms with Crippen molar-refractivity contribution in [2.45, 2.75) is 50.8 Å². The van der Waals surface area contributed by atoms with Crippen molar-refractivity contribution in [3.8, 4) is 0 Å². The first kappa shape index (κ1) is 13.3. The first-order chi connectivity index (χ1) is 8.77. The van der Waals surface area contributed by atoms with Gasteiger partial charge in [0.2, 0.25) is 0 Å². The van der Waals surface area contributed by atoms with Crippen LogP contribution in [0.5, 0.6) is 0 Å². The van der Waals surface area contributed by atoms with Gasteiger partial charge in [-0.05, 0) is 18.9 Å². The number of hydrogen-bond acceptors (Lipinski definition) is 3. The molecule has 0 radical (unpaired) electrons. The first-order valence-corrected chi connectivity index (χ1v) is 6.80. The molecule has 0 spiro atoms. The smallest absolute Gasteiger partial charge is 0.250 e. The van der Waals surface area contributed by atoms with Crippen molar-refractivity contribution >= 4 is 0 Å². The quantitative estimate of drug-likeness (QED) is 0.824. The predicted octanol–water partition coefficient (Wildman–Crippen LogP) is 1.52. The topological polar surface area (TPSA) is 57.2 Å². The van der Waals surface area contributed by atoms with Crippen LogP contribution in [0.15, 0.2) is 29.2 Å². The molecule has 1 aliphatic rings. The molecular formula is C14H22N2O2. The SMILES string of the molecule is NC1CCCCCC1OCCn1ccccc1=O. The highest BCUT2D eigenvalue weighted by atomic mass is 16.5. The Morgan fingerprint density at radius 3 is 2.94 bits per heavy atom. The minimum absolute atomic E-state index is 0.0197. The highest BCUT2D eigenvalue weighted by Gasteiger charge is 2.20. The van der Waals surface area contributed by atoms with E-state index in [1.807, 2.05) is 6.07 Å². The van der Waals surface area contributed by atoms with Gasteiger partial charge in [0.25, 0.3) is 5.56 Å². The third-order valence-corrected chi connectivity index (χ3v) is 3.57. The van der Waals surface area contributed by atoms with Gasteiger partial charge in [0.15, 0.2) is 0 Å². The number of aromatic nitrogens is 1. The van der Waals surface area contributed by atoms with E-state index >= 15 is 0 Å². The molecule has 0 saturated heterocycles. The molecule has 0 aliphatic heterocycles. The zero-order valence-electron chi connectivity index (χ0n) is 10.8. The second kappa shape index (κ2) is 6.71. The fourth-order valence-electron chi connectivity index (χ4n) is 2.46. The van der Waals surface area contributed by atoms with Crippen LogP contribution in [0.1, 0.15) is 32.1 Å². The number of nitrogens with zero attached hydrogens (tertiary/aromatic N) is 1. The van der Waals surface area contributed by atoms with Crippen molar-refractivity contribution in [3.63, 3.8) is 0 Å². The lowest BCUT2D eigenvalue weighted by molar-refractivity contribution is 0.0264. The van der Waals surface area contributed by atoms with Gasteiger partial charge in [-0.25, -0.2) is 0 Å². The monoisotopic (exact) mass is 250 g/mol. The van der Waals surface area contributed by atoms with Gasteiger partial charge in [-0.15, -0.1) is 0 Å². The number of rotatable bonds is 4. The second-order valence-electron chi connectivity index (χ2n) is 4.94. The van der Waals surface area contributed by atoms with Gasteiger partial charge in [0, 0.05) is 24.8 Å². The summed E-state index contributed by atoms with van der Waals surface area (Å²) in [5.74, 6) is 0. The van der Waals surface area contributed by atoms with Crippen molar-refractivity contribution in [2.24, 2.45) is 5.73 Å². The second-order valence-corrected chi connectivity index (χ2v) is 4.94. The summed E-state index contributed by atoms with van der Waals surface area (Å²) in [6.07, 6.45) is 7.71. The van der Waals surface area contributed by atoms with Crippen LogP contribution in [-0.2, 0) is 11.3 Å². The minimum atomic E-state index is 0.0197. The van der Waals surface area contributed by atoms with Crippen molar-refractivity contribution in [3.05, 3.63) is 34.7 Å². The van der Waals surface area contributed by atoms with Crippen LogP contribution in [0, 0.1) is 0 Å². The zero-order valence-corrected chi connectivity index (χ0v) is 10.8. The molecule has 0 amide bonds. The maximum atomic E-state index is 11.5. The van der Waals surface area contributed by atoms with Gasteiger partial charge >= 0.3 is 0 Å². The molecule has 1 heterocycles. The van der Waals surface area contributed by atoms with Crippen LogP contribution in [0.25, 0.3) is 0 Å². The molecule has 0 bridgehead atoms. The lowest BCUT2D eigenvalue weighted by atomic mass is 10.1. The van der Waals surface area contributed by atoms with E-state index in [-0.39, 0.29) is 17.7 Å². The summed E-state index contributed by atoms with van der Waals surface area (Å²) in [5.41, 5.74) is 6.11. The molecule has 0 aromatic carbocycles. The minimum Gasteiger partial charge on any atom is -0.375 e. The highest BCUT2D eigenvalue weighted by molar-refractivity contribution is 4.93. The van der Waals surface area contributed by atoms with Gasteiger partial charge in [-0.1, -0.05) is 25.3 Å². The summed E-state index contributed by atoms with van der Waals surface area (Å²) >= 11 is 0. The lowest BCUT2D eigenvalue weighted by Gasteiger charge is -2.22. The maximum absolute atomic E-state index is 11.5. The third kappa shape index (κ3) is 3.68. The van der Waals surface area contributed by atoms with Crippen molar-refractivity contribution < 1.29 is 4.74 Å². The van der Waals surface area contributed by atoms with Crippen LogP contribution in [0.4, 0.5) is 0 Å². The Bertz CT molecular complexity index is 416. The summed E-state index contributed by atoms with van der Waals surface area (Å²) in [4.78, 5) is 11.5. The number of pyridine rings is 1. The van der Waals surface area contributed by atoms with Gasteiger partial charge in [0.1, 0.15) is 0 Å². The molecule has 1 aromatic rings. The fraction of sp³-hybridized carbons (Fsp3) is 0.643. The molecule has 2 atom stereocenters. The van der Waals surface area contributed by atoms with Crippen molar-refractivity contribution in [1.29, 1.82) is 0 Å². The standard InChI is InChI=1S/C14H22N2O2/c15-12-6-2-1-3-7-13(12)18-11-10-16-9-5-4-8-14(16)17/h4-5,8-9,12-13H,1-3,6-7,10-11,15H2. The summed E-state index contributed by atoms with van der Waals surface area (Å²) in [6, 6.07) is 5.33. The number of hydrogen-bond donors (Lipinski definition) is 1. The Morgan fingerprint density at radius 1 is 1.28 bits per heavy atom. The Hall–Kier alpha value is -1.13. The molecule has 100 valence electrons. The van der Waals surface area contributed by atoms with Crippen LogP contribution < -0.4 is 11.3 Å². The number of nitrogens with two attached hydrogens (primary N) is 1. The van der Waals surface area contributed by atoms with Gasteiger partial charge in [0.05, 0.1) is 12.7 Å². The summed E-state index contributed by atoms with van der Waals surface area (Å²) < 4.78 is 7.52. The van der Waals surface area contributed by atoms with Crippen molar-refractivity contribution in [1.82, 2.24) is 4.57 Å². The number of ether oxygens (including phenoxy) is 1. The van der Waals surface area contributed by atoms with Crippen molar-refractivity contribution in [2.75, 3.05) is 6.61 Å². The molecule has 4 nitrogen and oxygen atoms in total. The summed E-state index contributed by atoms with van der Waals surface area (Å²) in [6.45, 7) is 1.16. The van der Waals surface area contributed by atoms with E-state index in [2.05, 4.69) is 0 Å². The van der Waals surface area contributed by atoms with E-state index < -0.39 is 0 Å². The molecule has 1 saturated carbocycles. The van der Waals surface area contributed by atoms with Gasteiger partial charge in [-0.3, -0.25) is 4.79 Å². The van der Waals surface area contributed by atoms with E-state index in [1.54, 1.807) is 22.9 Å². The van der Waals surface area contributed by atoms with Crippen LogP contribution >= 0.6 is 0 Å². The average Bonchev–Trinajstić information content (AvgIpc) is 2.57. The first-order valence-electron chi connectivity index (χ1n) is 6.80. The summed E-state index contributed by atoms with van der Waals surface area (Å²) in [7, 11) is 0. The molecule has 1 aromatic heterocycles. The Kier molecular flexibility index (Phi) is 4.96. The normalized spacial score (nSPS) is 24.7. The predicted molar refractivity (Wildman–Crippen MR) is 71.5 cm³/mol. The highest BCUT2D eigenvalue weighted by Crippen LogP contribution is 2.19. The van der Waals surface area contributed by atoms with Gasteiger partial charge in [-0.2, -0.15) is 0 Å². The van der Waals surface area contributed by atoms with E-state index in [4.69, 9.17) is 10.5 Å². The zero-order chi connectivity index (χ0) is 12.8. The molecule has 2 rings (SSSR count). The maximum Gasteiger partial charge on any atom is 0.250 e. The lowest BCUT2D eigenvalue weighted by Crippen LogP contribution is -2.36. The molecular weight excluding hydrogens is 228 g/mol. The Labute approximate surface area is 108 Å². The molecule has 2 N–H and O–H groups in total. The largest absolute Gasteiger partial charge is 0.375 e. The van der Waals surface area contributed by atoms with E-state index in [1.165, 1.54) is 19.3 Å². The summed E-state index contributed by atoms with van der Waals surface area (Å²) in [5, 5.41) is 0. The Morgan fingerprint density at radius 2 is 2.11 bits per heavy atom. The van der Waals surface area contributed by atoms with Crippen LogP contribution in [0.2, 0.25) is 0 Å². The average molecular weight is 250 g/mol. The molecule has 1 fully saturated rings.